The highest BCUT2D eigenvalue weighted by atomic mass is 16.5. The molecule has 132 valence electrons. The molecule has 1 aliphatic heterocycles. The van der Waals surface area contributed by atoms with Crippen molar-refractivity contribution in [3.05, 3.63) is 0 Å². The first-order chi connectivity index (χ1) is 11.6. The number of rotatable bonds is 5. The first-order valence-corrected chi connectivity index (χ1v) is 9.70. The van der Waals surface area contributed by atoms with Crippen molar-refractivity contribution in [2.45, 2.75) is 75.5 Å². The largest absolute Gasteiger partial charge is 0.375 e. The average Bonchev–Trinajstić information content (AvgIpc) is 3.20. The van der Waals surface area contributed by atoms with Gasteiger partial charge < -0.3 is 15.0 Å². The van der Waals surface area contributed by atoms with E-state index >= 15 is 0 Å². The van der Waals surface area contributed by atoms with Crippen LogP contribution in [-0.2, 0) is 9.53 Å². The Morgan fingerprint density at radius 3 is 3.04 bits per heavy atom. The second kappa shape index (κ2) is 6.00. The van der Waals surface area contributed by atoms with Crippen LogP contribution in [0.15, 0.2) is 0 Å². The summed E-state index contributed by atoms with van der Waals surface area (Å²) in [5.41, 5.74) is 0.147. The average molecular weight is 331 g/mol. The van der Waals surface area contributed by atoms with Gasteiger partial charge in [-0.05, 0) is 63.7 Å². The van der Waals surface area contributed by atoms with Crippen molar-refractivity contribution in [1.29, 1.82) is 5.26 Å². The molecule has 4 saturated carbocycles. The molecule has 4 unspecified atom stereocenters. The number of fused-ring (bicyclic) bond motifs is 2. The maximum atomic E-state index is 12.6. The lowest BCUT2D eigenvalue weighted by Crippen LogP contribution is -2.54. The lowest BCUT2D eigenvalue weighted by Gasteiger charge is -2.41. The van der Waals surface area contributed by atoms with Crippen LogP contribution in [0.4, 0.5) is 0 Å². The molecule has 0 spiro atoms. The van der Waals surface area contributed by atoms with Gasteiger partial charge in [0.1, 0.15) is 6.04 Å². The van der Waals surface area contributed by atoms with Gasteiger partial charge in [0, 0.05) is 18.7 Å². The normalized spacial score (nSPS) is 43.2. The van der Waals surface area contributed by atoms with Crippen molar-refractivity contribution in [3.63, 3.8) is 0 Å². The van der Waals surface area contributed by atoms with Crippen LogP contribution in [-0.4, -0.2) is 47.7 Å². The highest BCUT2D eigenvalue weighted by Crippen LogP contribution is 2.62. The number of amides is 1. The summed E-state index contributed by atoms with van der Waals surface area (Å²) in [6.45, 7) is 4.00. The third kappa shape index (κ3) is 2.38. The van der Waals surface area contributed by atoms with E-state index in [1.165, 1.54) is 25.7 Å². The van der Waals surface area contributed by atoms with Gasteiger partial charge in [0.15, 0.2) is 0 Å². The third-order valence-electron chi connectivity index (χ3n) is 7.22. The number of nitrogens with one attached hydrogen (secondary N) is 1. The zero-order chi connectivity index (χ0) is 16.8. The maximum Gasteiger partial charge on any atom is 0.237 e. The lowest BCUT2D eigenvalue weighted by atomic mass is 9.76. The van der Waals surface area contributed by atoms with Crippen molar-refractivity contribution >= 4 is 5.91 Å². The number of hydrogen-bond donors (Lipinski definition) is 1. The van der Waals surface area contributed by atoms with Gasteiger partial charge >= 0.3 is 0 Å². The number of carbonyl (C=O) groups is 1. The van der Waals surface area contributed by atoms with Crippen molar-refractivity contribution in [2.75, 3.05) is 19.7 Å². The Morgan fingerprint density at radius 1 is 1.38 bits per heavy atom. The number of ether oxygens (including phenoxy) is 1. The van der Waals surface area contributed by atoms with Gasteiger partial charge in [0.25, 0.3) is 0 Å². The molecule has 4 aliphatic carbocycles. The second-order valence-electron chi connectivity index (χ2n) is 8.28. The van der Waals surface area contributed by atoms with E-state index in [1.54, 1.807) is 4.90 Å². The zero-order valence-corrected chi connectivity index (χ0v) is 14.7. The van der Waals surface area contributed by atoms with E-state index < -0.39 is 0 Å². The zero-order valence-electron chi connectivity index (χ0n) is 14.7. The number of likely N-dealkylation sites (tertiary alicyclic amines) is 1. The van der Waals surface area contributed by atoms with Crippen LogP contribution >= 0.6 is 0 Å². The SMILES string of the molecule is CCOC12CCCC3CC1CC3(NCC(=O)N1CCC[C@H]1C#N)C2. The van der Waals surface area contributed by atoms with E-state index in [9.17, 15) is 10.1 Å². The maximum absolute atomic E-state index is 12.6. The molecule has 5 atom stereocenters. The van der Waals surface area contributed by atoms with Crippen LogP contribution in [0.3, 0.4) is 0 Å². The quantitative estimate of drug-likeness (QED) is 0.839. The Labute approximate surface area is 144 Å². The standard InChI is InChI=1S/C19H29N3O2/c1-2-24-19-7-3-5-14-9-15(19)10-18(14,13-19)21-12-17(23)22-8-4-6-16(22)11-20/h14-16,21H,2-10,12-13H2,1H3/t14?,15?,16-,18?,19?/m0/s1. The van der Waals surface area contributed by atoms with Crippen LogP contribution in [0.1, 0.15) is 58.3 Å². The molecule has 1 N–H and O–H groups in total. The molecule has 1 heterocycles. The minimum Gasteiger partial charge on any atom is -0.375 e. The molecule has 5 heteroatoms. The monoisotopic (exact) mass is 331 g/mol. The summed E-state index contributed by atoms with van der Waals surface area (Å²) in [5.74, 6) is 1.45. The van der Waals surface area contributed by atoms with Gasteiger partial charge in [0.2, 0.25) is 5.91 Å². The molecular formula is C19H29N3O2. The third-order valence-corrected chi connectivity index (χ3v) is 7.22. The Kier molecular flexibility index (Phi) is 4.09. The van der Waals surface area contributed by atoms with Crippen LogP contribution in [0, 0.1) is 23.2 Å². The van der Waals surface area contributed by atoms with E-state index in [0.717, 1.165) is 38.8 Å². The molecule has 0 radical (unpaired) electrons. The van der Waals surface area contributed by atoms with Crippen molar-refractivity contribution in [3.8, 4) is 6.07 Å². The fourth-order valence-electron chi connectivity index (χ4n) is 6.25. The fourth-order valence-corrected chi connectivity index (χ4v) is 6.25. The summed E-state index contributed by atoms with van der Waals surface area (Å²) in [5, 5.41) is 12.9. The Bertz CT molecular complexity index is 559. The van der Waals surface area contributed by atoms with E-state index in [-0.39, 0.29) is 23.1 Å². The van der Waals surface area contributed by atoms with E-state index in [4.69, 9.17) is 4.74 Å². The van der Waals surface area contributed by atoms with Crippen LogP contribution in [0.2, 0.25) is 0 Å². The van der Waals surface area contributed by atoms with Crippen molar-refractivity contribution in [1.82, 2.24) is 10.2 Å². The summed E-state index contributed by atoms with van der Waals surface area (Å²) < 4.78 is 6.28. The van der Waals surface area contributed by atoms with E-state index in [1.807, 2.05) is 0 Å². The number of nitrogens with zero attached hydrogens (tertiary/aromatic N) is 2. The van der Waals surface area contributed by atoms with Crippen LogP contribution in [0.25, 0.3) is 0 Å². The van der Waals surface area contributed by atoms with E-state index in [2.05, 4.69) is 18.3 Å². The highest BCUT2D eigenvalue weighted by Gasteiger charge is 2.64. The minimum absolute atomic E-state index is 0.0562. The van der Waals surface area contributed by atoms with Crippen molar-refractivity contribution < 1.29 is 9.53 Å². The first-order valence-electron chi connectivity index (χ1n) is 9.70. The predicted octanol–water partition coefficient (Wildman–Crippen LogP) is 2.22. The van der Waals surface area contributed by atoms with Gasteiger partial charge in [-0.1, -0.05) is 6.42 Å². The summed E-state index contributed by atoms with van der Waals surface area (Å²) in [6.07, 6.45) is 8.95. The molecule has 5 aliphatic rings. The minimum atomic E-state index is -0.217. The fraction of sp³-hybridized carbons (Fsp3) is 0.895. The van der Waals surface area contributed by atoms with Crippen molar-refractivity contribution in [2.24, 2.45) is 11.8 Å². The van der Waals surface area contributed by atoms with Gasteiger partial charge in [0.05, 0.1) is 18.2 Å². The molecular weight excluding hydrogens is 302 g/mol. The topological polar surface area (TPSA) is 65.4 Å². The number of hydrogen-bond acceptors (Lipinski definition) is 4. The Balaban J connectivity index is 1.45. The summed E-state index contributed by atoms with van der Waals surface area (Å²) in [4.78, 5) is 14.4. The summed E-state index contributed by atoms with van der Waals surface area (Å²) in [6, 6.07) is 2.05. The number of carbonyl (C=O) groups excluding carboxylic acids is 1. The second-order valence-corrected chi connectivity index (χ2v) is 8.28. The van der Waals surface area contributed by atoms with Gasteiger partial charge in [-0.15, -0.1) is 0 Å². The Morgan fingerprint density at radius 2 is 2.25 bits per heavy atom. The van der Waals surface area contributed by atoms with Crippen LogP contribution < -0.4 is 5.32 Å². The molecule has 5 nitrogen and oxygen atoms in total. The first kappa shape index (κ1) is 16.4. The molecule has 1 saturated heterocycles. The number of nitriles is 1. The van der Waals surface area contributed by atoms with Gasteiger partial charge in [-0.2, -0.15) is 5.26 Å². The molecule has 0 aromatic rings. The molecule has 5 rings (SSSR count). The molecule has 0 aromatic carbocycles. The Hall–Kier alpha value is -1.12. The smallest absolute Gasteiger partial charge is 0.237 e. The lowest BCUT2D eigenvalue weighted by molar-refractivity contribution is -0.131. The van der Waals surface area contributed by atoms with Gasteiger partial charge in [-0.25, -0.2) is 0 Å². The molecule has 1 amide bonds. The molecule has 5 fully saturated rings. The summed E-state index contributed by atoms with van der Waals surface area (Å²) >= 11 is 0. The molecule has 0 aromatic heterocycles. The van der Waals surface area contributed by atoms with E-state index in [0.29, 0.717) is 18.4 Å². The highest BCUT2D eigenvalue weighted by molar-refractivity contribution is 5.79. The molecule has 24 heavy (non-hydrogen) atoms. The van der Waals surface area contributed by atoms with Gasteiger partial charge in [-0.3, -0.25) is 4.79 Å². The van der Waals surface area contributed by atoms with Crippen LogP contribution in [0.5, 0.6) is 0 Å². The summed E-state index contributed by atoms with van der Waals surface area (Å²) in [7, 11) is 0. The predicted molar refractivity (Wildman–Crippen MR) is 90.1 cm³/mol. The molecule has 4 bridgehead atoms.